The van der Waals surface area contributed by atoms with Gasteiger partial charge in [-0.25, -0.2) is 9.48 Å². The van der Waals surface area contributed by atoms with Crippen LogP contribution >= 0.6 is 11.8 Å². The molecule has 0 fully saturated rings. The number of thioether (sulfide) groups is 1. The Bertz CT molecular complexity index is 1530. The van der Waals surface area contributed by atoms with Crippen molar-refractivity contribution in [1.82, 2.24) is 14.8 Å². The molecule has 1 aliphatic rings. The van der Waals surface area contributed by atoms with Gasteiger partial charge >= 0.3 is 5.97 Å². The average Bonchev–Trinajstić information content (AvgIpc) is 3.37. The maximum absolute atomic E-state index is 13.6. The van der Waals surface area contributed by atoms with Gasteiger partial charge < -0.3 is 19.5 Å². The molecule has 1 atom stereocenters. The zero-order valence-electron chi connectivity index (χ0n) is 23.0. The van der Waals surface area contributed by atoms with Crippen molar-refractivity contribution in [2.24, 2.45) is 0 Å². The molecule has 0 bridgehead atoms. The average molecular weight is 557 g/mol. The molecule has 9 heteroatoms. The van der Waals surface area contributed by atoms with Crippen LogP contribution in [-0.4, -0.2) is 33.6 Å². The monoisotopic (exact) mass is 556 g/mol. The van der Waals surface area contributed by atoms with E-state index in [1.807, 2.05) is 80.6 Å². The molecule has 1 aromatic heterocycles. The van der Waals surface area contributed by atoms with E-state index >= 15 is 0 Å². The van der Waals surface area contributed by atoms with Crippen molar-refractivity contribution in [1.29, 1.82) is 0 Å². The topological polar surface area (TPSA) is 87.5 Å². The summed E-state index contributed by atoms with van der Waals surface area (Å²) in [7, 11) is 1.61. The zero-order valence-corrected chi connectivity index (χ0v) is 23.8. The number of carbonyl (C=O) groups excluding carboxylic acids is 1. The van der Waals surface area contributed by atoms with Crippen molar-refractivity contribution in [3.63, 3.8) is 0 Å². The molecule has 0 amide bonds. The Balaban J connectivity index is 1.48. The van der Waals surface area contributed by atoms with E-state index in [1.54, 1.807) is 11.8 Å². The molecule has 0 aliphatic carbocycles. The molecular formula is C31H32N4O4S. The van der Waals surface area contributed by atoms with E-state index in [0.29, 0.717) is 40.5 Å². The molecule has 8 nitrogen and oxygen atoms in total. The lowest BCUT2D eigenvalue weighted by Crippen LogP contribution is -2.29. The summed E-state index contributed by atoms with van der Waals surface area (Å²) in [6.45, 7) is 6.54. The number of methoxy groups -OCH3 is 1. The van der Waals surface area contributed by atoms with E-state index in [-0.39, 0.29) is 6.61 Å². The zero-order chi connectivity index (χ0) is 28.1. The molecule has 0 radical (unpaired) electrons. The Kier molecular flexibility index (Phi) is 8.40. The van der Waals surface area contributed by atoms with Gasteiger partial charge in [-0.1, -0.05) is 79.3 Å². The highest BCUT2D eigenvalue weighted by Crippen LogP contribution is 2.40. The molecular weight excluding hydrogens is 524 g/mol. The lowest BCUT2D eigenvalue weighted by atomic mass is 9.95. The predicted octanol–water partition coefficient (Wildman–Crippen LogP) is 6.32. The number of nitrogens with zero attached hydrogens (tertiary/aromatic N) is 3. The van der Waals surface area contributed by atoms with Crippen LogP contribution in [0.1, 0.15) is 42.1 Å². The first-order valence-electron chi connectivity index (χ1n) is 13.1. The summed E-state index contributed by atoms with van der Waals surface area (Å²) >= 11 is 1.54. The number of allylic oxidation sites excluding steroid dienone is 1. The molecule has 1 aliphatic heterocycles. The summed E-state index contributed by atoms with van der Waals surface area (Å²) in [6.07, 6.45) is 0. The second-order valence-corrected chi connectivity index (χ2v) is 10.6. The number of nitrogens with one attached hydrogen (secondary N) is 1. The van der Waals surface area contributed by atoms with Crippen molar-refractivity contribution in [3.8, 4) is 11.5 Å². The number of aryl methyl sites for hydroxylation is 1. The van der Waals surface area contributed by atoms with Gasteiger partial charge in [0.05, 0.1) is 12.7 Å². The first-order valence-corrected chi connectivity index (χ1v) is 14.1. The van der Waals surface area contributed by atoms with E-state index in [2.05, 4.69) is 23.3 Å². The number of benzene rings is 3. The van der Waals surface area contributed by atoms with Gasteiger partial charge in [-0.3, -0.25) is 0 Å². The van der Waals surface area contributed by atoms with Gasteiger partial charge in [0, 0.05) is 5.70 Å². The largest absolute Gasteiger partial charge is 0.493 e. The van der Waals surface area contributed by atoms with Crippen molar-refractivity contribution in [2.75, 3.05) is 18.2 Å². The minimum atomic E-state index is -0.572. The summed E-state index contributed by atoms with van der Waals surface area (Å²) in [5.41, 5.74) is 5.08. The number of hydrogen-bond donors (Lipinski definition) is 1. The second-order valence-electron chi connectivity index (χ2n) is 9.35. The molecule has 206 valence electrons. The maximum Gasteiger partial charge on any atom is 0.338 e. The van der Waals surface area contributed by atoms with E-state index in [9.17, 15) is 4.79 Å². The molecule has 0 spiro atoms. The number of ether oxygens (including phenoxy) is 3. The van der Waals surface area contributed by atoms with Crippen molar-refractivity contribution < 1.29 is 19.0 Å². The second kappa shape index (κ2) is 12.3. The SMILES string of the molecule is CCSc1nc2n(n1)C(c1ccc(OCc3ccccc3C)c(OC)c1)C(C(=O)OCc1ccccc1)=C(C)N2. The Morgan fingerprint density at radius 1 is 1.00 bits per heavy atom. The van der Waals surface area contributed by atoms with Crippen molar-refractivity contribution >= 4 is 23.7 Å². The molecule has 5 rings (SSSR count). The van der Waals surface area contributed by atoms with Crippen molar-refractivity contribution in [3.05, 3.63) is 106 Å². The fraction of sp³-hybridized carbons (Fsp3) is 0.258. The van der Waals surface area contributed by atoms with Gasteiger partial charge in [-0.15, -0.1) is 5.10 Å². The molecule has 1 unspecified atom stereocenters. The van der Waals surface area contributed by atoms with Crippen LogP contribution in [-0.2, 0) is 22.7 Å². The Morgan fingerprint density at radius 2 is 1.77 bits per heavy atom. The lowest BCUT2D eigenvalue weighted by molar-refractivity contribution is -0.140. The Hall–Kier alpha value is -4.24. The third kappa shape index (κ3) is 5.84. The van der Waals surface area contributed by atoms with E-state index < -0.39 is 12.0 Å². The molecule has 40 heavy (non-hydrogen) atoms. The number of carbonyl (C=O) groups is 1. The standard InChI is InChI=1S/C31H32N4O4S/c1-5-40-31-33-30-32-21(3)27(29(36)39-18-22-12-7-6-8-13-22)28(35(30)34-31)23-15-16-25(26(17-23)37-4)38-19-24-14-10-9-11-20(24)2/h6-17,28H,5,18-19H2,1-4H3,(H,32,33,34). The van der Waals surface area contributed by atoms with Crippen LogP contribution in [0.5, 0.6) is 11.5 Å². The minimum Gasteiger partial charge on any atom is -0.493 e. The molecule has 0 saturated carbocycles. The van der Waals surface area contributed by atoms with Gasteiger partial charge in [0.25, 0.3) is 0 Å². The van der Waals surface area contributed by atoms with E-state index in [4.69, 9.17) is 19.3 Å². The number of fused-ring (bicyclic) bond motifs is 1. The normalized spacial score (nSPS) is 14.3. The van der Waals surface area contributed by atoms with Gasteiger partial charge in [0.2, 0.25) is 11.1 Å². The van der Waals surface area contributed by atoms with Gasteiger partial charge in [0.15, 0.2) is 11.5 Å². The smallest absolute Gasteiger partial charge is 0.338 e. The summed E-state index contributed by atoms with van der Waals surface area (Å²) in [5.74, 6) is 2.13. The van der Waals surface area contributed by atoms with Gasteiger partial charge in [0.1, 0.15) is 19.3 Å². The molecule has 1 N–H and O–H groups in total. The minimum absolute atomic E-state index is 0.166. The van der Waals surface area contributed by atoms with E-state index in [0.717, 1.165) is 28.0 Å². The van der Waals surface area contributed by atoms with Crippen LogP contribution in [0.25, 0.3) is 0 Å². The molecule has 3 aromatic carbocycles. The first-order chi connectivity index (χ1) is 19.5. The van der Waals surface area contributed by atoms with Crippen molar-refractivity contribution in [2.45, 2.75) is 45.2 Å². The van der Waals surface area contributed by atoms with Crippen LogP contribution in [0, 0.1) is 6.92 Å². The highest BCUT2D eigenvalue weighted by molar-refractivity contribution is 7.99. The highest BCUT2D eigenvalue weighted by atomic mass is 32.2. The quantitative estimate of drug-likeness (QED) is 0.179. The summed E-state index contributed by atoms with van der Waals surface area (Å²) in [6, 6.07) is 22.8. The number of rotatable bonds is 10. The predicted molar refractivity (Wildman–Crippen MR) is 156 cm³/mol. The Morgan fingerprint density at radius 3 is 2.52 bits per heavy atom. The number of esters is 1. The summed E-state index contributed by atoms with van der Waals surface area (Å²) in [5, 5.41) is 8.62. The van der Waals surface area contributed by atoms with Crippen LogP contribution in [0.4, 0.5) is 5.95 Å². The summed E-state index contributed by atoms with van der Waals surface area (Å²) < 4.78 is 19.4. The number of hydrogen-bond acceptors (Lipinski definition) is 8. The fourth-order valence-electron chi connectivity index (χ4n) is 4.60. The van der Waals surface area contributed by atoms with Gasteiger partial charge in [-0.05, 0) is 54.0 Å². The number of anilines is 1. The van der Waals surface area contributed by atoms with Gasteiger partial charge in [-0.2, -0.15) is 4.98 Å². The molecule has 0 saturated heterocycles. The lowest BCUT2D eigenvalue weighted by Gasteiger charge is -2.28. The van der Waals surface area contributed by atoms with E-state index in [1.165, 1.54) is 11.8 Å². The fourth-order valence-corrected chi connectivity index (χ4v) is 5.15. The Labute approximate surface area is 238 Å². The third-order valence-electron chi connectivity index (χ3n) is 6.69. The van der Waals surface area contributed by atoms with Crippen LogP contribution in [0.15, 0.2) is 89.2 Å². The van der Waals surface area contributed by atoms with Crippen LogP contribution in [0.2, 0.25) is 0 Å². The maximum atomic E-state index is 13.6. The van der Waals surface area contributed by atoms with Crippen LogP contribution < -0.4 is 14.8 Å². The number of aromatic nitrogens is 3. The molecule has 4 aromatic rings. The highest BCUT2D eigenvalue weighted by Gasteiger charge is 2.36. The third-order valence-corrected chi connectivity index (χ3v) is 7.41. The van der Waals surface area contributed by atoms with Crippen LogP contribution in [0.3, 0.4) is 0 Å². The molecule has 2 heterocycles. The summed E-state index contributed by atoms with van der Waals surface area (Å²) in [4.78, 5) is 18.2. The first kappa shape index (κ1) is 27.3.